The Kier molecular flexibility index (Phi) is 3.31. The lowest BCUT2D eigenvalue weighted by Gasteiger charge is -2.37. The van der Waals surface area contributed by atoms with E-state index in [-0.39, 0.29) is 5.78 Å². The second-order valence-corrected chi connectivity index (χ2v) is 5.67. The van der Waals surface area contributed by atoms with Crippen LogP contribution in [0.3, 0.4) is 0 Å². The van der Waals surface area contributed by atoms with E-state index in [1.807, 2.05) is 71.8 Å². The van der Waals surface area contributed by atoms with Gasteiger partial charge in [0.25, 0.3) is 0 Å². The van der Waals surface area contributed by atoms with Crippen molar-refractivity contribution in [2.24, 2.45) is 0 Å². The lowest BCUT2D eigenvalue weighted by Crippen LogP contribution is -2.43. The highest BCUT2D eigenvalue weighted by molar-refractivity contribution is 6.10. The van der Waals surface area contributed by atoms with Gasteiger partial charge >= 0.3 is 0 Å². The maximum atomic E-state index is 13.0. The molecule has 24 heavy (non-hydrogen) atoms. The number of nitrogens with zero attached hydrogens (tertiary/aromatic N) is 2. The van der Waals surface area contributed by atoms with Crippen molar-refractivity contribution < 1.29 is 9.53 Å². The molecule has 1 aromatic carbocycles. The predicted octanol–water partition coefficient (Wildman–Crippen LogP) is 3.29. The van der Waals surface area contributed by atoms with Crippen molar-refractivity contribution in [1.82, 2.24) is 9.88 Å². The van der Waals surface area contributed by atoms with E-state index in [0.717, 1.165) is 22.7 Å². The molecule has 0 saturated carbocycles. The molecule has 2 aliphatic heterocycles. The second-order valence-electron chi connectivity index (χ2n) is 5.67. The van der Waals surface area contributed by atoms with E-state index in [0.29, 0.717) is 0 Å². The third-order valence-electron chi connectivity index (χ3n) is 4.41. The summed E-state index contributed by atoms with van der Waals surface area (Å²) in [4.78, 5) is 19.4. The Morgan fingerprint density at radius 1 is 1.08 bits per heavy atom. The van der Waals surface area contributed by atoms with Gasteiger partial charge in [0.1, 0.15) is 5.75 Å². The maximum Gasteiger partial charge on any atom is 0.193 e. The van der Waals surface area contributed by atoms with Crippen molar-refractivity contribution >= 4 is 11.5 Å². The van der Waals surface area contributed by atoms with Crippen LogP contribution < -0.4 is 4.74 Å². The van der Waals surface area contributed by atoms with Crippen molar-refractivity contribution in [3.8, 4) is 5.75 Å². The van der Waals surface area contributed by atoms with E-state index < -0.39 is 5.54 Å². The molecule has 2 aliphatic rings. The first-order chi connectivity index (χ1) is 11.8. The Bertz CT molecular complexity index is 866. The van der Waals surface area contributed by atoms with Crippen LogP contribution in [-0.4, -0.2) is 22.8 Å². The number of ketones is 1. The summed E-state index contributed by atoms with van der Waals surface area (Å²) in [5.41, 5.74) is 1.64. The van der Waals surface area contributed by atoms with Gasteiger partial charge in [-0.2, -0.15) is 0 Å². The largest absolute Gasteiger partial charge is 0.497 e. The molecule has 0 N–H and O–H groups in total. The molecule has 118 valence electrons. The number of benzene rings is 1. The van der Waals surface area contributed by atoms with E-state index in [1.165, 1.54) is 0 Å². The van der Waals surface area contributed by atoms with Gasteiger partial charge < -0.3 is 9.64 Å². The van der Waals surface area contributed by atoms with Crippen LogP contribution in [0.4, 0.5) is 0 Å². The molecule has 1 atom stereocenters. The predicted molar refractivity (Wildman–Crippen MR) is 92.0 cm³/mol. The minimum Gasteiger partial charge on any atom is -0.497 e. The number of carbonyl (C=O) groups is 1. The molecule has 4 rings (SSSR count). The summed E-state index contributed by atoms with van der Waals surface area (Å²) in [7, 11) is 1.64. The standard InChI is InChI=1S/C20H16N2O2/c1-24-16-9-7-15(8-10-16)17-14-19(23)20(11-3-5-13-22(17)20)18-6-2-4-12-21-18/h2-14H,1H3. The molecule has 0 bridgehead atoms. The second kappa shape index (κ2) is 5.49. The number of pyridine rings is 1. The fraction of sp³-hybridized carbons (Fsp3) is 0.100. The summed E-state index contributed by atoms with van der Waals surface area (Å²) in [5.74, 6) is 0.793. The van der Waals surface area contributed by atoms with Crippen LogP contribution in [0.25, 0.3) is 5.70 Å². The van der Waals surface area contributed by atoms with Gasteiger partial charge in [-0.25, -0.2) is 0 Å². The van der Waals surface area contributed by atoms with Crippen LogP contribution in [-0.2, 0) is 10.3 Å². The molecule has 4 nitrogen and oxygen atoms in total. The van der Waals surface area contributed by atoms with Gasteiger partial charge in [-0.05, 0) is 54.1 Å². The summed E-state index contributed by atoms with van der Waals surface area (Å²) in [5, 5.41) is 0. The Morgan fingerprint density at radius 3 is 2.62 bits per heavy atom. The molecule has 2 aromatic rings. The summed E-state index contributed by atoms with van der Waals surface area (Å²) in [6.07, 6.45) is 11.1. The monoisotopic (exact) mass is 316 g/mol. The zero-order valence-electron chi connectivity index (χ0n) is 13.2. The molecular weight excluding hydrogens is 300 g/mol. The van der Waals surface area contributed by atoms with Gasteiger partial charge in [-0.3, -0.25) is 9.78 Å². The molecule has 1 unspecified atom stereocenters. The minimum absolute atomic E-state index is 0.00705. The summed E-state index contributed by atoms with van der Waals surface area (Å²) < 4.78 is 5.21. The highest BCUT2D eigenvalue weighted by Crippen LogP contribution is 2.44. The van der Waals surface area contributed by atoms with Gasteiger partial charge in [0.15, 0.2) is 11.3 Å². The molecule has 3 heterocycles. The normalized spacial score (nSPS) is 21.6. The van der Waals surface area contributed by atoms with E-state index >= 15 is 0 Å². The summed E-state index contributed by atoms with van der Waals surface area (Å²) in [6, 6.07) is 13.3. The number of rotatable bonds is 3. The van der Waals surface area contributed by atoms with E-state index in [2.05, 4.69) is 4.98 Å². The molecule has 0 amide bonds. The zero-order chi connectivity index (χ0) is 16.6. The van der Waals surface area contributed by atoms with Gasteiger partial charge in [0, 0.05) is 18.5 Å². The zero-order valence-corrected chi connectivity index (χ0v) is 13.2. The van der Waals surface area contributed by atoms with Crippen LogP contribution in [0.1, 0.15) is 11.3 Å². The molecule has 4 heteroatoms. The van der Waals surface area contributed by atoms with E-state index in [1.54, 1.807) is 19.4 Å². The number of methoxy groups -OCH3 is 1. The van der Waals surface area contributed by atoms with Gasteiger partial charge in [-0.15, -0.1) is 0 Å². The lowest BCUT2D eigenvalue weighted by molar-refractivity contribution is -0.120. The third kappa shape index (κ3) is 2.00. The first-order valence-electron chi connectivity index (χ1n) is 7.73. The van der Waals surface area contributed by atoms with Crippen molar-refractivity contribution in [3.05, 3.63) is 90.4 Å². The Balaban J connectivity index is 1.82. The Hall–Kier alpha value is -3.14. The molecular formula is C20H16N2O2. The average Bonchev–Trinajstić information content (AvgIpc) is 2.97. The van der Waals surface area contributed by atoms with Gasteiger partial charge in [0.05, 0.1) is 18.5 Å². The van der Waals surface area contributed by atoms with Crippen LogP contribution in [0, 0.1) is 0 Å². The van der Waals surface area contributed by atoms with Crippen LogP contribution in [0.5, 0.6) is 5.75 Å². The number of aromatic nitrogens is 1. The fourth-order valence-electron chi connectivity index (χ4n) is 3.21. The Morgan fingerprint density at radius 2 is 1.92 bits per heavy atom. The molecule has 0 saturated heterocycles. The number of allylic oxidation sites excluding steroid dienone is 2. The average molecular weight is 316 g/mol. The number of fused-ring (bicyclic) bond motifs is 1. The fourth-order valence-corrected chi connectivity index (χ4v) is 3.21. The molecule has 0 spiro atoms. The third-order valence-corrected chi connectivity index (χ3v) is 4.41. The molecule has 0 fully saturated rings. The SMILES string of the molecule is COc1ccc(C2=CC(=O)C3(c4ccccn4)C=CC=CN23)cc1. The summed E-state index contributed by atoms with van der Waals surface area (Å²) >= 11 is 0. The van der Waals surface area contributed by atoms with Crippen LogP contribution >= 0.6 is 0 Å². The van der Waals surface area contributed by atoms with Crippen LogP contribution in [0.15, 0.2) is 79.2 Å². The van der Waals surface area contributed by atoms with Gasteiger partial charge in [0.2, 0.25) is 0 Å². The summed E-state index contributed by atoms with van der Waals surface area (Å²) in [6.45, 7) is 0. The van der Waals surface area contributed by atoms with Gasteiger partial charge in [-0.1, -0.05) is 12.1 Å². The van der Waals surface area contributed by atoms with E-state index in [4.69, 9.17) is 4.74 Å². The number of hydrogen-bond acceptors (Lipinski definition) is 4. The van der Waals surface area contributed by atoms with E-state index in [9.17, 15) is 4.79 Å². The quantitative estimate of drug-likeness (QED) is 0.871. The molecule has 0 aliphatic carbocycles. The molecule has 0 radical (unpaired) electrons. The minimum atomic E-state index is -0.898. The first kappa shape index (κ1) is 14.5. The topological polar surface area (TPSA) is 42.4 Å². The number of carbonyl (C=O) groups excluding carboxylic acids is 1. The smallest absolute Gasteiger partial charge is 0.193 e. The lowest BCUT2D eigenvalue weighted by atomic mass is 9.88. The molecule has 1 aromatic heterocycles. The van der Waals surface area contributed by atoms with Crippen molar-refractivity contribution in [2.45, 2.75) is 5.54 Å². The number of ether oxygens (including phenoxy) is 1. The Labute approximate surface area is 140 Å². The maximum absolute atomic E-state index is 13.0. The van der Waals surface area contributed by atoms with Crippen molar-refractivity contribution in [2.75, 3.05) is 7.11 Å². The first-order valence-corrected chi connectivity index (χ1v) is 7.73. The van der Waals surface area contributed by atoms with Crippen molar-refractivity contribution in [3.63, 3.8) is 0 Å². The van der Waals surface area contributed by atoms with Crippen molar-refractivity contribution in [1.29, 1.82) is 0 Å². The highest BCUT2D eigenvalue weighted by Gasteiger charge is 2.49. The van der Waals surface area contributed by atoms with Crippen LogP contribution in [0.2, 0.25) is 0 Å². The number of hydrogen-bond donors (Lipinski definition) is 0. The highest BCUT2D eigenvalue weighted by atomic mass is 16.5.